The first-order valence-electron chi connectivity index (χ1n) is 4.80. The molecule has 0 bridgehead atoms. The third-order valence-electron chi connectivity index (χ3n) is 1.94. The number of pyridine rings is 1. The Morgan fingerprint density at radius 1 is 1.62 bits per heavy atom. The van der Waals surface area contributed by atoms with Crippen LogP contribution in [0.5, 0.6) is 0 Å². The average molecular weight is 247 g/mol. The van der Waals surface area contributed by atoms with Gasteiger partial charge >= 0.3 is 0 Å². The predicted molar refractivity (Wildman–Crippen MR) is 57.6 cm³/mol. The number of sulfonamides is 1. The average Bonchev–Trinajstić information content (AvgIpc) is 2.17. The smallest absolute Gasteiger partial charge is 0.261 e. The summed E-state index contributed by atoms with van der Waals surface area (Å²) in [6.07, 6.45) is 1.71. The zero-order valence-corrected chi connectivity index (χ0v) is 9.67. The monoisotopic (exact) mass is 247 g/mol. The Hall–Kier alpha value is -1.05. The highest BCUT2D eigenvalue weighted by Crippen LogP contribution is 2.10. The molecule has 1 aromatic heterocycles. The van der Waals surface area contributed by atoms with Gasteiger partial charge in [-0.1, -0.05) is 0 Å². The zero-order valence-electron chi connectivity index (χ0n) is 8.85. The van der Waals surface area contributed by atoms with Crippen LogP contribution in [-0.2, 0) is 10.0 Å². The lowest BCUT2D eigenvalue weighted by atomic mass is 10.3. The number of nitrogens with zero attached hydrogens (tertiary/aromatic N) is 1. The number of halogens is 1. The molecule has 1 heterocycles. The molecule has 1 unspecified atom stereocenters. The first-order chi connectivity index (χ1) is 7.47. The highest BCUT2D eigenvalue weighted by atomic mass is 32.2. The minimum absolute atomic E-state index is 0.351. The van der Waals surface area contributed by atoms with E-state index >= 15 is 0 Å². The van der Waals surface area contributed by atoms with Crippen LogP contribution < -0.4 is 10.5 Å². The highest BCUT2D eigenvalue weighted by Gasteiger charge is 2.22. The van der Waals surface area contributed by atoms with E-state index in [1.807, 2.05) is 0 Å². The second-order valence-electron chi connectivity index (χ2n) is 3.39. The fourth-order valence-corrected chi connectivity index (χ4v) is 2.48. The maximum absolute atomic E-state index is 13.2. The molecule has 1 aromatic rings. The van der Waals surface area contributed by atoms with E-state index in [-0.39, 0.29) is 6.04 Å². The van der Waals surface area contributed by atoms with Crippen molar-refractivity contribution in [1.82, 2.24) is 9.71 Å². The molecule has 0 aliphatic heterocycles. The van der Waals surface area contributed by atoms with Gasteiger partial charge in [-0.3, -0.25) is 0 Å². The Labute approximate surface area is 93.9 Å². The number of rotatable bonds is 5. The van der Waals surface area contributed by atoms with Crippen molar-refractivity contribution in [2.75, 3.05) is 6.54 Å². The Bertz CT molecular complexity index is 450. The Balaban J connectivity index is 2.91. The first-order valence-corrected chi connectivity index (χ1v) is 6.28. The van der Waals surface area contributed by atoms with Crippen molar-refractivity contribution in [3.63, 3.8) is 0 Å². The molecule has 0 aromatic carbocycles. The summed E-state index contributed by atoms with van der Waals surface area (Å²) in [6.45, 7) is 2.01. The van der Waals surface area contributed by atoms with Gasteiger partial charge in [-0.25, -0.2) is 22.5 Å². The summed E-state index contributed by atoms with van der Waals surface area (Å²) in [7, 11) is -3.90. The van der Waals surface area contributed by atoms with Crippen LogP contribution >= 0.6 is 0 Å². The summed E-state index contributed by atoms with van der Waals surface area (Å²) < 4.78 is 38.9. The molecule has 1 rings (SSSR count). The summed E-state index contributed by atoms with van der Waals surface area (Å²) in [5.41, 5.74) is 5.29. The molecule has 0 fully saturated rings. The lowest BCUT2D eigenvalue weighted by Gasteiger charge is -2.12. The third kappa shape index (κ3) is 3.22. The van der Waals surface area contributed by atoms with Crippen LogP contribution in [0.1, 0.15) is 13.3 Å². The molecule has 90 valence electrons. The van der Waals surface area contributed by atoms with Crippen molar-refractivity contribution >= 4 is 10.0 Å². The van der Waals surface area contributed by atoms with Gasteiger partial charge in [0.15, 0.2) is 5.82 Å². The van der Waals surface area contributed by atoms with Crippen molar-refractivity contribution in [3.8, 4) is 0 Å². The van der Waals surface area contributed by atoms with Gasteiger partial charge in [0, 0.05) is 12.2 Å². The van der Waals surface area contributed by atoms with Gasteiger partial charge in [-0.15, -0.1) is 0 Å². The molecule has 0 aliphatic rings. The summed E-state index contributed by atoms with van der Waals surface area (Å²) in [4.78, 5) is 3.51. The molecule has 0 saturated carbocycles. The minimum atomic E-state index is -3.90. The Morgan fingerprint density at radius 2 is 2.31 bits per heavy atom. The SMILES string of the molecule is CC(CCN)NS(=O)(=O)c1ncccc1F. The largest absolute Gasteiger partial charge is 0.330 e. The van der Waals surface area contributed by atoms with E-state index in [0.29, 0.717) is 13.0 Å². The summed E-state index contributed by atoms with van der Waals surface area (Å²) in [5.74, 6) is -0.866. The van der Waals surface area contributed by atoms with Crippen LogP contribution in [0.2, 0.25) is 0 Å². The maximum Gasteiger partial charge on any atom is 0.261 e. The molecule has 0 spiro atoms. The Kier molecular flexibility index (Phi) is 4.34. The highest BCUT2D eigenvalue weighted by molar-refractivity contribution is 7.89. The van der Waals surface area contributed by atoms with Crippen LogP contribution in [0, 0.1) is 5.82 Å². The van der Waals surface area contributed by atoms with Gasteiger partial charge in [0.25, 0.3) is 10.0 Å². The van der Waals surface area contributed by atoms with Crippen LogP contribution in [0.4, 0.5) is 4.39 Å². The first kappa shape index (κ1) is 13.0. The molecule has 0 amide bonds. The van der Waals surface area contributed by atoms with E-state index in [1.54, 1.807) is 6.92 Å². The molecular weight excluding hydrogens is 233 g/mol. The van der Waals surface area contributed by atoms with E-state index in [2.05, 4.69) is 9.71 Å². The molecule has 0 saturated heterocycles. The third-order valence-corrected chi connectivity index (χ3v) is 3.46. The summed E-state index contributed by atoms with van der Waals surface area (Å²) in [5, 5.41) is -0.584. The van der Waals surface area contributed by atoms with E-state index in [0.717, 1.165) is 6.07 Å². The second-order valence-corrected chi connectivity index (χ2v) is 5.02. The molecule has 5 nitrogen and oxygen atoms in total. The van der Waals surface area contributed by atoms with Crippen molar-refractivity contribution in [2.24, 2.45) is 5.73 Å². The second kappa shape index (κ2) is 5.33. The van der Waals surface area contributed by atoms with Gasteiger partial charge in [0.2, 0.25) is 5.03 Å². The standard InChI is InChI=1S/C9H14FN3O2S/c1-7(4-5-11)13-16(14,15)9-8(10)3-2-6-12-9/h2-3,6-7,13H,4-5,11H2,1H3. The predicted octanol–water partition coefficient (Wildman–Crippen LogP) is 0.236. The van der Waals surface area contributed by atoms with Crippen molar-refractivity contribution in [2.45, 2.75) is 24.4 Å². The molecule has 0 aliphatic carbocycles. The number of hydrogen-bond acceptors (Lipinski definition) is 4. The number of nitrogens with one attached hydrogen (secondary N) is 1. The normalized spacial score (nSPS) is 13.7. The van der Waals surface area contributed by atoms with Crippen LogP contribution in [0.25, 0.3) is 0 Å². The van der Waals surface area contributed by atoms with Gasteiger partial charge in [0.1, 0.15) is 0 Å². The number of aromatic nitrogens is 1. The minimum Gasteiger partial charge on any atom is -0.330 e. The molecule has 7 heteroatoms. The molecular formula is C9H14FN3O2S. The van der Waals surface area contributed by atoms with E-state index < -0.39 is 20.9 Å². The molecule has 3 N–H and O–H groups in total. The quantitative estimate of drug-likeness (QED) is 0.780. The maximum atomic E-state index is 13.2. The number of hydrogen-bond donors (Lipinski definition) is 2. The fourth-order valence-electron chi connectivity index (χ4n) is 1.20. The Morgan fingerprint density at radius 3 is 2.88 bits per heavy atom. The molecule has 16 heavy (non-hydrogen) atoms. The van der Waals surface area contributed by atoms with Crippen molar-refractivity contribution in [1.29, 1.82) is 0 Å². The van der Waals surface area contributed by atoms with E-state index in [1.165, 1.54) is 12.3 Å². The molecule has 0 radical (unpaired) electrons. The molecule has 1 atom stereocenters. The van der Waals surface area contributed by atoms with E-state index in [9.17, 15) is 12.8 Å². The fraction of sp³-hybridized carbons (Fsp3) is 0.444. The van der Waals surface area contributed by atoms with Crippen LogP contribution in [-0.4, -0.2) is 26.0 Å². The lowest BCUT2D eigenvalue weighted by Crippen LogP contribution is -2.35. The van der Waals surface area contributed by atoms with Gasteiger partial charge in [-0.05, 0) is 32.0 Å². The van der Waals surface area contributed by atoms with Gasteiger partial charge in [0.05, 0.1) is 0 Å². The van der Waals surface area contributed by atoms with Gasteiger partial charge in [-0.2, -0.15) is 0 Å². The number of nitrogens with two attached hydrogens (primary N) is 1. The summed E-state index contributed by atoms with van der Waals surface area (Å²) in [6, 6.07) is 2.03. The topological polar surface area (TPSA) is 85.1 Å². The van der Waals surface area contributed by atoms with Crippen LogP contribution in [0.3, 0.4) is 0 Å². The van der Waals surface area contributed by atoms with Crippen LogP contribution in [0.15, 0.2) is 23.4 Å². The van der Waals surface area contributed by atoms with Crippen molar-refractivity contribution in [3.05, 3.63) is 24.1 Å². The van der Waals surface area contributed by atoms with E-state index in [4.69, 9.17) is 5.73 Å². The zero-order chi connectivity index (χ0) is 12.2. The van der Waals surface area contributed by atoms with Gasteiger partial charge < -0.3 is 5.73 Å². The van der Waals surface area contributed by atoms with Crippen molar-refractivity contribution < 1.29 is 12.8 Å². The summed E-state index contributed by atoms with van der Waals surface area (Å²) >= 11 is 0. The lowest BCUT2D eigenvalue weighted by molar-refractivity contribution is 0.526.